The maximum absolute atomic E-state index is 13.1. The number of rotatable bonds is 3. The number of hydrogen-bond acceptors (Lipinski definition) is 4. The van der Waals surface area contributed by atoms with Gasteiger partial charge in [0.1, 0.15) is 0 Å². The number of anilines is 2. The van der Waals surface area contributed by atoms with Crippen LogP contribution in [0.15, 0.2) is 73.3 Å². The lowest BCUT2D eigenvalue weighted by molar-refractivity contribution is 0.0999. The Kier molecular flexibility index (Phi) is 3.47. The molecular weight excluding hydrogens is 302 g/mol. The number of nitrogens with one attached hydrogen (secondary N) is 1. The second-order valence-corrected chi connectivity index (χ2v) is 5.22. The van der Waals surface area contributed by atoms with Gasteiger partial charge in [0.25, 0.3) is 5.91 Å². The SMILES string of the molecule is O=C(c1ccccc1)N(c1cccnc1)c1cnc2[nH]ncc2c1. The van der Waals surface area contributed by atoms with E-state index in [1.807, 2.05) is 30.3 Å². The highest BCUT2D eigenvalue weighted by Crippen LogP contribution is 2.28. The fourth-order valence-electron chi connectivity index (χ4n) is 2.53. The molecule has 0 unspecified atom stereocenters. The summed E-state index contributed by atoms with van der Waals surface area (Å²) in [5, 5.41) is 7.62. The van der Waals surface area contributed by atoms with Gasteiger partial charge >= 0.3 is 0 Å². The normalized spacial score (nSPS) is 10.7. The lowest BCUT2D eigenvalue weighted by Crippen LogP contribution is -2.26. The minimum atomic E-state index is -0.145. The van der Waals surface area contributed by atoms with E-state index in [9.17, 15) is 4.79 Å². The Morgan fingerprint density at radius 1 is 0.958 bits per heavy atom. The second kappa shape index (κ2) is 5.92. The first-order valence-corrected chi connectivity index (χ1v) is 7.41. The lowest BCUT2D eigenvalue weighted by atomic mass is 10.1. The first-order chi connectivity index (χ1) is 11.8. The predicted molar refractivity (Wildman–Crippen MR) is 91.0 cm³/mol. The molecule has 0 atom stereocenters. The molecule has 4 rings (SSSR count). The van der Waals surface area contributed by atoms with Crippen LogP contribution >= 0.6 is 0 Å². The molecular formula is C18H13N5O. The minimum absolute atomic E-state index is 0.145. The molecule has 0 saturated carbocycles. The molecule has 0 radical (unpaired) electrons. The number of benzene rings is 1. The third kappa shape index (κ3) is 2.50. The largest absolute Gasteiger partial charge is 0.274 e. The standard InChI is InChI=1S/C18H13N5O/c24-18(13-5-2-1-3-6-13)23(15-7-4-8-19-11-15)16-9-14-10-21-22-17(14)20-12-16/h1-12H,(H,20,21,22). The van der Waals surface area contributed by atoms with Crippen molar-refractivity contribution in [2.75, 3.05) is 4.90 Å². The maximum atomic E-state index is 13.1. The summed E-state index contributed by atoms with van der Waals surface area (Å²) in [5.74, 6) is -0.145. The van der Waals surface area contributed by atoms with E-state index in [0.29, 0.717) is 22.6 Å². The van der Waals surface area contributed by atoms with Gasteiger partial charge in [0.05, 0.1) is 30.0 Å². The van der Waals surface area contributed by atoms with Crippen LogP contribution in [-0.4, -0.2) is 26.1 Å². The highest BCUT2D eigenvalue weighted by molar-refractivity contribution is 6.11. The van der Waals surface area contributed by atoms with E-state index in [4.69, 9.17) is 0 Å². The molecule has 6 heteroatoms. The quantitative estimate of drug-likeness (QED) is 0.629. The van der Waals surface area contributed by atoms with Crippen molar-refractivity contribution in [3.63, 3.8) is 0 Å². The summed E-state index contributed by atoms with van der Waals surface area (Å²) < 4.78 is 0. The van der Waals surface area contributed by atoms with Gasteiger partial charge in [-0.1, -0.05) is 18.2 Å². The van der Waals surface area contributed by atoms with Gasteiger partial charge in [0.15, 0.2) is 5.65 Å². The van der Waals surface area contributed by atoms with Gasteiger partial charge in [-0.15, -0.1) is 0 Å². The van der Waals surface area contributed by atoms with E-state index >= 15 is 0 Å². The monoisotopic (exact) mass is 315 g/mol. The zero-order valence-corrected chi connectivity index (χ0v) is 12.6. The highest BCUT2D eigenvalue weighted by Gasteiger charge is 2.20. The number of nitrogens with zero attached hydrogens (tertiary/aromatic N) is 4. The molecule has 116 valence electrons. The van der Waals surface area contributed by atoms with Gasteiger partial charge < -0.3 is 0 Å². The number of amides is 1. The summed E-state index contributed by atoms with van der Waals surface area (Å²) in [5.41, 5.74) is 2.60. The molecule has 1 N–H and O–H groups in total. The zero-order valence-electron chi connectivity index (χ0n) is 12.6. The Morgan fingerprint density at radius 2 is 1.83 bits per heavy atom. The van der Waals surface area contributed by atoms with Gasteiger partial charge in [0, 0.05) is 17.1 Å². The molecule has 0 aliphatic heterocycles. The van der Waals surface area contributed by atoms with Crippen LogP contribution in [0.3, 0.4) is 0 Å². The van der Waals surface area contributed by atoms with E-state index < -0.39 is 0 Å². The van der Waals surface area contributed by atoms with E-state index in [1.54, 1.807) is 47.9 Å². The van der Waals surface area contributed by atoms with Gasteiger partial charge in [-0.25, -0.2) is 4.98 Å². The smallest absolute Gasteiger partial charge is 0.262 e. The van der Waals surface area contributed by atoms with Crippen molar-refractivity contribution in [2.45, 2.75) is 0 Å². The van der Waals surface area contributed by atoms with Crippen LogP contribution in [0.2, 0.25) is 0 Å². The van der Waals surface area contributed by atoms with Crippen LogP contribution in [0, 0.1) is 0 Å². The number of carbonyl (C=O) groups excluding carboxylic acids is 1. The van der Waals surface area contributed by atoms with Crippen LogP contribution in [0.25, 0.3) is 11.0 Å². The van der Waals surface area contributed by atoms with Crippen molar-refractivity contribution in [1.29, 1.82) is 0 Å². The van der Waals surface area contributed by atoms with Gasteiger partial charge in [0.2, 0.25) is 0 Å². The van der Waals surface area contributed by atoms with Crippen molar-refractivity contribution in [2.24, 2.45) is 0 Å². The number of hydrogen-bond donors (Lipinski definition) is 1. The third-order valence-corrected chi connectivity index (χ3v) is 3.66. The summed E-state index contributed by atoms with van der Waals surface area (Å²) in [4.78, 5) is 23.1. The Bertz CT molecular complexity index is 982. The van der Waals surface area contributed by atoms with Gasteiger partial charge in [-0.3, -0.25) is 19.8 Å². The molecule has 0 bridgehead atoms. The molecule has 24 heavy (non-hydrogen) atoms. The molecule has 1 aromatic carbocycles. The Hall–Kier alpha value is -3.54. The summed E-state index contributed by atoms with van der Waals surface area (Å²) in [6, 6.07) is 14.6. The fraction of sp³-hybridized carbons (Fsp3) is 0. The lowest BCUT2D eigenvalue weighted by Gasteiger charge is -2.22. The van der Waals surface area contributed by atoms with E-state index in [1.165, 1.54) is 0 Å². The molecule has 0 fully saturated rings. The summed E-state index contributed by atoms with van der Waals surface area (Å²) in [6.07, 6.45) is 6.65. The first-order valence-electron chi connectivity index (χ1n) is 7.41. The molecule has 3 aromatic heterocycles. The van der Waals surface area contributed by atoms with E-state index in [-0.39, 0.29) is 5.91 Å². The number of carbonyl (C=O) groups is 1. The maximum Gasteiger partial charge on any atom is 0.262 e. The van der Waals surface area contributed by atoms with Crippen molar-refractivity contribution in [1.82, 2.24) is 20.2 Å². The summed E-state index contributed by atoms with van der Waals surface area (Å²) in [6.45, 7) is 0. The van der Waals surface area contributed by atoms with Crippen molar-refractivity contribution in [3.8, 4) is 0 Å². The van der Waals surface area contributed by atoms with Crippen LogP contribution < -0.4 is 4.90 Å². The topological polar surface area (TPSA) is 74.8 Å². The molecule has 1 amide bonds. The van der Waals surface area contributed by atoms with Crippen LogP contribution in [0.5, 0.6) is 0 Å². The fourth-order valence-corrected chi connectivity index (χ4v) is 2.53. The summed E-state index contributed by atoms with van der Waals surface area (Å²) >= 11 is 0. The molecule has 3 heterocycles. The molecule has 4 aromatic rings. The van der Waals surface area contributed by atoms with Crippen LogP contribution in [0.4, 0.5) is 11.4 Å². The average molecular weight is 315 g/mol. The van der Waals surface area contributed by atoms with Crippen LogP contribution in [0.1, 0.15) is 10.4 Å². The van der Waals surface area contributed by atoms with Gasteiger partial charge in [-0.2, -0.15) is 5.10 Å². The second-order valence-electron chi connectivity index (χ2n) is 5.22. The number of pyridine rings is 2. The van der Waals surface area contributed by atoms with Crippen molar-refractivity contribution in [3.05, 3.63) is 78.9 Å². The van der Waals surface area contributed by atoms with E-state index in [2.05, 4.69) is 20.2 Å². The average Bonchev–Trinajstić information content (AvgIpc) is 3.11. The predicted octanol–water partition coefficient (Wildman–Crippen LogP) is 3.33. The first kappa shape index (κ1) is 14.1. The molecule has 0 aliphatic carbocycles. The van der Waals surface area contributed by atoms with E-state index in [0.717, 1.165) is 5.39 Å². The minimum Gasteiger partial charge on any atom is -0.274 e. The summed E-state index contributed by atoms with van der Waals surface area (Å²) in [7, 11) is 0. The number of aromatic nitrogens is 4. The van der Waals surface area contributed by atoms with Crippen molar-refractivity contribution >= 4 is 28.3 Å². The third-order valence-electron chi connectivity index (χ3n) is 3.66. The number of aromatic amines is 1. The van der Waals surface area contributed by atoms with Crippen molar-refractivity contribution < 1.29 is 4.79 Å². The molecule has 0 saturated heterocycles. The molecule has 0 aliphatic rings. The number of fused-ring (bicyclic) bond motifs is 1. The number of H-pyrrole nitrogens is 1. The zero-order chi connectivity index (χ0) is 16.4. The Morgan fingerprint density at radius 3 is 2.62 bits per heavy atom. The Labute approximate surface area is 137 Å². The van der Waals surface area contributed by atoms with Crippen LogP contribution in [-0.2, 0) is 0 Å². The van der Waals surface area contributed by atoms with Gasteiger partial charge in [-0.05, 0) is 30.3 Å². The Balaban J connectivity index is 1.85. The highest BCUT2D eigenvalue weighted by atomic mass is 16.2. The molecule has 0 spiro atoms. The molecule has 6 nitrogen and oxygen atoms in total.